The zero-order chi connectivity index (χ0) is 20.5. The molecule has 1 atom stereocenters. The first-order valence-electron chi connectivity index (χ1n) is 9.42. The van der Waals surface area contributed by atoms with Gasteiger partial charge in [-0.2, -0.15) is 0 Å². The summed E-state index contributed by atoms with van der Waals surface area (Å²) in [5, 5.41) is 5.69. The molecule has 0 aliphatic rings. The Bertz CT molecular complexity index is 760. The van der Waals surface area contributed by atoms with Crippen molar-refractivity contribution in [2.45, 2.75) is 39.5 Å². The molecular formula is C22H29N3O3. The van der Waals surface area contributed by atoms with Gasteiger partial charge in [-0.15, -0.1) is 0 Å². The Kier molecular flexibility index (Phi) is 8.02. The summed E-state index contributed by atoms with van der Waals surface area (Å²) in [6.07, 6.45) is 0. The van der Waals surface area contributed by atoms with Crippen LogP contribution in [0.2, 0.25) is 0 Å². The summed E-state index contributed by atoms with van der Waals surface area (Å²) in [6.45, 7) is 6.24. The standard InChI is InChI=1S/C22H29N3O3/c1-16(2)23-21(26)14-25(4)17(3)22(27)24-19-10-12-20(13-11-19)28-15-18-8-6-5-7-9-18/h5-13,16-17H,14-15H2,1-4H3,(H,23,26)(H,24,27)/t17-/m1/s1. The van der Waals surface area contributed by atoms with Crippen LogP contribution >= 0.6 is 0 Å². The van der Waals surface area contributed by atoms with E-state index in [9.17, 15) is 9.59 Å². The third-order valence-corrected chi connectivity index (χ3v) is 4.25. The molecular weight excluding hydrogens is 354 g/mol. The molecule has 2 N–H and O–H groups in total. The SMILES string of the molecule is CC(C)NC(=O)CN(C)[C@H](C)C(=O)Nc1ccc(OCc2ccccc2)cc1. The minimum Gasteiger partial charge on any atom is -0.489 e. The van der Waals surface area contributed by atoms with Crippen molar-refractivity contribution < 1.29 is 14.3 Å². The highest BCUT2D eigenvalue weighted by molar-refractivity contribution is 5.95. The predicted octanol–water partition coefficient (Wildman–Crippen LogP) is 3.05. The van der Waals surface area contributed by atoms with Crippen molar-refractivity contribution in [3.05, 3.63) is 60.2 Å². The molecule has 0 aliphatic carbocycles. The number of likely N-dealkylation sites (N-methyl/N-ethyl adjacent to an activating group) is 1. The van der Waals surface area contributed by atoms with E-state index in [2.05, 4.69) is 10.6 Å². The van der Waals surface area contributed by atoms with E-state index in [1.54, 1.807) is 31.0 Å². The first-order valence-corrected chi connectivity index (χ1v) is 9.42. The number of benzene rings is 2. The summed E-state index contributed by atoms with van der Waals surface area (Å²) in [6, 6.07) is 16.8. The number of rotatable bonds is 9. The molecule has 6 nitrogen and oxygen atoms in total. The average Bonchev–Trinajstić information content (AvgIpc) is 2.66. The smallest absolute Gasteiger partial charge is 0.241 e. The number of carbonyl (C=O) groups excluding carboxylic acids is 2. The molecule has 2 aromatic carbocycles. The molecule has 0 unspecified atom stereocenters. The summed E-state index contributed by atoms with van der Waals surface area (Å²) in [4.78, 5) is 26.0. The molecule has 2 amide bonds. The van der Waals surface area contributed by atoms with Crippen LogP contribution in [0.25, 0.3) is 0 Å². The largest absolute Gasteiger partial charge is 0.489 e. The molecule has 0 radical (unpaired) electrons. The number of nitrogens with one attached hydrogen (secondary N) is 2. The lowest BCUT2D eigenvalue weighted by atomic mass is 10.2. The van der Waals surface area contributed by atoms with Crippen molar-refractivity contribution in [3.8, 4) is 5.75 Å². The van der Waals surface area contributed by atoms with E-state index in [1.165, 1.54) is 0 Å². The van der Waals surface area contributed by atoms with Gasteiger partial charge in [0.05, 0.1) is 12.6 Å². The van der Waals surface area contributed by atoms with Crippen LogP contribution in [0.5, 0.6) is 5.75 Å². The fraction of sp³-hybridized carbons (Fsp3) is 0.364. The molecule has 2 rings (SSSR count). The quantitative estimate of drug-likeness (QED) is 0.698. The van der Waals surface area contributed by atoms with Crippen LogP contribution in [0.3, 0.4) is 0 Å². The molecule has 6 heteroatoms. The van der Waals surface area contributed by atoms with Gasteiger partial charge in [0, 0.05) is 11.7 Å². The van der Waals surface area contributed by atoms with Crippen molar-refractivity contribution >= 4 is 17.5 Å². The number of ether oxygens (including phenoxy) is 1. The highest BCUT2D eigenvalue weighted by Crippen LogP contribution is 2.17. The van der Waals surface area contributed by atoms with Gasteiger partial charge in [-0.25, -0.2) is 0 Å². The molecule has 2 aromatic rings. The summed E-state index contributed by atoms with van der Waals surface area (Å²) < 4.78 is 5.75. The van der Waals surface area contributed by atoms with Crippen LogP contribution in [-0.4, -0.2) is 42.4 Å². The van der Waals surface area contributed by atoms with Gasteiger partial charge >= 0.3 is 0 Å². The number of carbonyl (C=O) groups is 2. The summed E-state index contributed by atoms with van der Waals surface area (Å²) in [5.74, 6) is 0.465. The van der Waals surface area contributed by atoms with E-state index in [1.807, 2.05) is 56.3 Å². The molecule has 0 aliphatic heterocycles. The lowest BCUT2D eigenvalue weighted by molar-refractivity contribution is -0.125. The Morgan fingerprint density at radius 3 is 2.25 bits per heavy atom. The molecule has 0 aromatic heterocycles. The summed E-state index contributed by atoms with van der Waals surface area (Å²) in [5.41, 5.74) is 1.78. The first kappa shape index (κ1) is 21.4. The highest BCUT2D eigenvalue weighted by Gasteiger charge is 2.20. The van der Waals surface area contributed by atoms with Gasteiger partial charge in [-0.1, -0.05) is 30.3 Å². The van der Waals surface area contributed by atoms with Gasteiger partial charge in [0.2, 0.25) is 11.8 Å². The van der Waals surface area contributed by atoms with E-state index < -0.39 is 6.04 Å². The molecule has 0 fully saturated rings. The van der Waals surface area contributed by atoms with E-state index in [4.69, 9.17) is 4.74 Å². The molecule has 0 saturated carbocycles. The third kappa shape index (κ3) is 7.04. The Morgan fingerprint density at radius 2 is 1.64 bits per heavy atom. The third-order valence-electron chi connectivity index (χ3n) is 4.25. The van der Waals surface area contributed by atoms with Crippen LogP contribution in [0.15, 0.2) is 54.6 Å². The lowest BCUT2D eigenvalue weighted by Gasteiger charge is -2.23. The minimum atomic E-state index is -0.438. The van der Waals surface area contributed by atoms with Crippen LogP contribution in [0, 0.1) is 0 Å². The number of hydrogen-bond donors (Lipinski definition) is 2. The Balaban J connectivity index is 1.83. The van der Waals surface area contributed by atoms with Gasteiger partial charge in [0.25, 0.3) is 0 Å². The normalized spacial score (nSPS) is 11.9. The van der Waals surface area contributed by atoms with Crippen LogP contribution < -0.4 is 15.4 Å². The maximum atomic E-state index is 12.4. The van der Waals surface area contributed by atoms with Crippen LogP contribution in [0.1, 0.15) is 26.3 Å². The van der Waals surface area contributed by atoms with Crippen molar-refractivity contribution in [3.63, 3.8) is 0 Å². The highest BCUT2D eigenvalue weighted by atomic mass is 16.5. The van der Waals surface area contributed by atoms with Gasteiger partial charge in [-0.05, 0) is 57.6 Å². The average molecular weight is 383 g/mol. The topological polar surface area (TPSA) is 70.7 Å². The number of hydrogen-bond acceptors (Lipinski definition) is 4. The van der Waals surface area contributed by atoms with Crippen molar-refractivity contribution in [2.24, 2.45) is 0 Å². The molecule has 0 heterocycles. The van der Waals surface area contributed by atoms with Gasteiger partial charge in [-0.3, -0.25) is 14.5 Å². The number of nitrogens with zero attached hydrogens (tertiary/aromatic N) is 1. The number of amides is 2. The van der Waals surface area contributed by atoms with Crippen molar-refractivity contribution in [1.29, 1.82) is 0 Å². The van der Waals surface area contributed by atoms with Crippen molar-refractivity contribution in [2.75, 3.05) is 18.9 Å². The maximum absolute atomic E-state index is 12.4. The van der Waals surface area contributed by atoms with Crippen LogP contribution in [0.4, 0.5) is 5.69 Å². The lowest BCUT2D eigenvalue weighted by Crippen LogP contribution is -2.45. The zero-order valence-electron chi connectivity index (χ0n) is 16.9. The van der Waals surface area contributed by atoms with E-state index in [-0.39, 0.29) is 24.4 Å². The predicted molar refractivity (Wildman–Crippen MR) is 111 cm³/mol. The van der Waals surface area contributed by atoms with E-state index in [0.717, 1.165) is 11.3 Å². The second kappa shape index (κ2) is 10.5. The fourth-order valence-corrected chi connectivity index (χ4v) is 2.55. The van der Waals surface area contributed by atoms with E-state index >= 15 is 0 Å². The molecule has 0 saturated heterocycles. The van der Waals surface area contributed by atoms with Crippen molar-refractivity contribution in [1.82, 2.24) is 10.2 Å². The molecule has 28 heavy (non-hydrogen) atoms. The first-order chi connectivity index (χ1) is 13.3. The van der Waals surface area contributed by atoms with Gasteiger partial charge in [0.15, 0.2) is 0 Å². The minimum absolute atomic E-state index is 0.0765. The van der Waals surface area contributed by atoms with Gasteiger partial charge < -0.3 is 15.4 Å². The Morgan fingerprint density at radius 1 is 1.00 bits per heavy atom. The second-order valence-corrected chi connectivity index (χ2v) is 7.10. The van der Waals surface area contributed by atoms with Gasteiger partial charge in [0.1, 0.15) is 12.4 Å². The molecule has 0 bridgehead atoms. The fourth-order valence-electron chi connectivity index (χ4n) is 2.55. The summed E-state index contributed by atoms with van der Waals surface area (Å²) in [7, 11) is 1.75. The number of anilines is 1. The monoisotopic (exact) mass is 383 g/mol. The summed E-state index contributed by atoms with van der Waals surface area (Å²) >= 11 is 0. The molecule has 0 spiro atoms. The molecule has 150 valence electrons. The maximum Gasteiger partial charge on any atom is 0.241 e. The zero-order valence-corrected chi connectivity index (χ0v) is 16.9. The van der Waals surface area contributed by atoms with E-state index in [0.29, 0.717) is 12.3 Å². The second-order valence-electron chi connectivity index (χ2n) is 7.10. The Labute approximate surface area is 166 Å². The Hall–Kier alpha value is -2.86. The van der Waals surface area contributed by atoms with Crippen LogP contribution in [-0.2, 0) is 16.2 Å².